The van der Waals surface area contributed by atoms with Crippen LogP contribution in [0, 0.1) is 0 Å². The van der Waals surface area contributed by atoms with Crippen molar-refractivity contribution in [2.24, 2.45) is 11.5 Å². The Morgan fingerprint density at radius 1 is 0.829 bits per heavy atom. The monoisotopic (exact) mass is 568 g/mol. The second-order valence-corrected chi connectivity index (χ2v) is 9.42. The van der Waals surface area contributed by atoms with Gasteiger partial charge in [-0.1, -0.05) is 30.3 Å². The molecule has 0 spiro atoms. The van der Waals surface area contributed by atoms with Gasteiger partial charge >= 0.3 is 5.97 Å². The number of rotatable bonds is 14. The van der Waals surface area contributed by atoms with Crippen molar-refractivity contribution in [3.8, 4) is 5.75 Å². The quantitative estimate of drug-likeness (QED) is 0.108. The van der Waals surface area contributed by atoms with E-state index in [0.29, 0.717) is 11.1 Å². The van der Waals surface area contributed by atoms with Crippen molar-refractivity contribution < 1.29 is 39.3 Å². The standard InChI is InChI=1S/C27H32N6O8/c28-18(13-34)24(37)31-21(11-23(29)36)26(39)32-20(10-15-12-30-19-4-2-1-3-17(15)19)25(38)33-22(27(40)41)9-14-5-7-16(35)8-6-14/h1-8,12,18,20-22,30,34-35H,9-11,13,28H2,(H2,29,36)(H,31,37)(H,32,39)(H,33,38)(H,40,41). The molecule has 14 heteroatoms. The third kappa shape index (κ3) is 8.52. The molecule has 4 amide bonds. The number of hydrogen-bond donors (Lipinski definition) is 9. The summed E-state index contributed by atoms with van der Waals surface area (Å²) in [6.45, 7) is -0.722. The highest BCUT2D eigenvalue weighted by molar-refractivity contribution is 5.96. The number of aromatic hydroxyl groups is 1. The molecule has 2 aromatic carbocycles. The van der Waals surface area contributed by atoms with Crippen molar-refractivity contribution in [3.63, 3.8) is 0 Å². The zero-order valence-corrected chi connectivity index (χ0v) is 21.9. The van der Waals surface area contributed by atoms with Crippen LogP contribution in [-0.4, -0.2) is 80.7 Å². The van der Waals surface area contributed by atoms with E-state index in [1.54, 1.807) is 18.3 Å². The first-order chi connectivity index (χ1) is 19.5. The van der Waals surface area contributed by atoms with E-state index >= 15 is 0 Å². The van der Waals surface area contributed by atoms with E-state index in [1.165, 1.54) is 24.3 Å². The van der Waals surface area contributed by atoms with Crippen molar-refractivity contribution in [2.45, 2.75) is 43.4 Å². The summed E-state index contributed by atoms with van der Waals surface area (Å²) in [5.41, 5.74) is 12.7. The molecule has 14 nitrogen and oxygen atoms in total. The molecule has 0 aliphatic heterocycles. The molecule has 11 N–H and O–H groups in total. The molecule has 0 aliphatic carbocycles. The number of hydrogen-bond acceptors (Lipinski definition) is 8. The lowest BCUT2D eigenvalue weighted by molar-refractivity contribution is -0.142. The van der Waals surface area contributed by atoms with Crippen LogP contribution in [-0.2, 0) is 36.8 Å². The Balaban J connectivity index is 1.87. The number of amides is 4. The summed E-state index contributed by atoms with van der Waals surface area (Å²) in [6, 6.07) is 7.36. The van der Waals surface area contributed by atoms with Crippen molar-refractivity contribution in [1.29, 1.82) is 0 Å². The Morgan fingerprint density at radius 2 is 1.44 bits per heavy atom. The van der Waals surface area contributed by atoms with Crippen LogP contribution < -0.4 is 27.4 Å². The summed E-state index contributed by atoms with van der Waals surface area (Å²) in [7, 11) is 0. The normalized spacial score (nSPS) is 13.9. The molecule has 0 saturated heterocycles. The first-order valence-electron chi connectivity index (χ1n) is 12.6. The highest BCUT2D eigenvalue weighted by atomic mass is 16.4. The number of aliphatic carboxylic acids is 1. The first kappa shape index (κ1) is 30.6. The van der Waals surface area contributed by atoms with Gasteiger partial charge < -0.3 is 47.7 Å². The average Bonchev–Trinajstić information content (AvgIpc) is 3.34. The first-order valence-corrected chi connectivity index (χ1v) is 12.6. The summed E-state index contributed by atoms with van der Waals surface area (Å²) < 4.78 is 0. The van der Waals surface area contributed by atoms with Crippen LogP contribution >= 0.6 is 0 Å². The van der Waals surface area contributed by atoms with Crippen molar-refractivity contribution in [3.05, 3.63) is 65.9 Å². The van der Waals surface area contributed by atoms with Crippen molar-refractivity contribution in [2.75, 3.05) is 6.61 Å². The van der Waals surface area contributed by atoms with Crippen molar-refractivity contribution >= 4 is 40.5 Å². The van der Waals surface area contributed by atoms with E-state index in [9.17, 15) is 34.2 Å². The molecule has 4 unspecified atom stereocenters. The molecule has 0 fully saturated rings. The zero-order valence-electron chi connectivity index (χ0n) is 21.9. The zero-order chi connectivity index (χ0) is 30.1. The number of carbonyl (C=O) groups excluding carboxylic acids is 4. The van der Waals surface area contributed by atoms with Crippen molar-refractivity contribution in [1.82, 2.24) is 20.9 Å². The highest BCUT2D eigenvalue weighted by Crippen LogP contribution is 2.19. The molecule has 0 aliphatic rings. The maximum absolute atomic E-state index is 13.5. The number of benzene rings is 2. The molecular formula is C27H32N6O8. The maximum Gasteiger partial charge on any atom is 0.326 e. The molecule has 3 aromatic rings. The number of para-hydroxylation sites is 1. The number of phenolic OH excluding ortho intramolecular Hbond substituents is 1. The number of fused-ring (bicyclic) bond motifs is 1. The molecular weight excluding hydrogens is 536 g/mol. The number of aliphatic hydroxyl groups excluding tert-OH is 1. The van der Waals surface area contributed by atoms with E-state index in [2.05, 4.69) is 20.9 Å². The van der Waals surface area contributed by atoms with Crippen LogP contribution in [0.15, 0.2) is 54.7 Å². The lowest BCUT2D eigenvalue weighted by atomic mass is 10.0. The topological polar surface area (TPSA) is 250 Å². The fourth-order valence-corrected chi connectivity index (χ4v) is 4.11. The number of carboxylic acids is 1. The van der Waals surface area contributed by atoms with Gasteiger partial charge in [-0.05, 0) is 29.3 Å². The number of aromatic amines is 1. The minimum Gasteiger partial charge on any atom is -0.508 e. The van der Waals surface area contributed by atoms with Gasteiger partial charge in [-0.3, -0.25) is 19.2 Å². The minimum absolute atomic E-state index is 0.0104. The summed E-state index contributed by atoms with van der Waals surface area (Å²) in [5, 5.41) is 36.3. The predicted molar refractivity (Wildman–Crippen MR) is 146 cm³/mol. The van der Waals surface area contributed by atoms with Gasteiger partial charge in [0.25, 0.3) is 0 Å². The summed E-state index contributed by atoms with van der Waals surface area (Å²) >= 11 is 0. The second-order valence-electron chi connectivity index (χ2n) is 9.42. The summed E-state index contributed by atoms with van der Waals surface area (Å²) in [6.07, 6.45) is 0.815. The molecule has 4 atom stereocenters. The number of aromatic nitrogens is 1. The summed E-state index contributed by atoms with van der Waals surface area (Å²) in [4.78, 5) is 65.6. The number of nitrogens with two attached hydrogens (primary N) is 2. The van der Waals surface area contributed by atoms with E-state index in [1.807, 2.05) is 12.1 Å². The Bertz CT molecular complexity index is 1410. The van der Waals surface area contributed by atoms with E-state index in [0.717, 1.165) is 10.9 Å². The van der Waals surface area contributed by atoms with E-state index in [-0.39, 0.29) is 18.6 Å². The second kappa shape index (κ2) is 13.9. The smallest absolute Gasteiger partial charge is 0.326 e. The molecule has 41 heavy (non-hydrogen) atoms. The van der Waals surface area contributed by atoms with Crippen LogP contribution in [0.3, 0.4) is 0 Å². The Labute approximate surface area is 234 Å². The van der Waals surface area contributed by atoms with Gasteiger partial charge in [0.15, 0.2) is 0 Å². The van der Waals surface area contributed by atoms with Gasteiger partial charge in [0.1, 0.15) is 29.9 Å². The number of aliphatic hydroxyl groups is 1. The molecule has 218 valence electrons. The third-order valence-corrected chi connectivity index (χ3v) is 6.29. The SMILES string of the molecule is NC(=O)CC(NC(=O)C(N)CO)C(=O)NC(Cc1c[nH]c2ccccc12)C(=O)NC(Cc1ccc(O)cc1)C(=O)O. The van der Waals surface area contributed by atoms with Crippen LogP contribution in [0.4, 0.5) is 0 Å². The number of H-pyrrole nitrogens is 1. The van der Waals surface area contributed by atoms with Crippen LogP contribution in [0.25, 0.3) is 10.9 Å². The lowest BCUT2D eigenvalue weighted by Crippen LogP contribution is -2.58. The molecule has 0 saturated carbocycles. The Hall–Kier alpha value is -4.95. The molecule has 1 heterocycles. The van der Waals surface area contributed by atoms with Gasteiger partial charge in [-0.15, -0.1) is 0 Å². The third-order valence-electron chi connectivity index (χ3n) is 6.29. The highest BCUT2D eigenvalue weighted by Gasteiger charge is 2.31. The Morgan fingerprint density at radius 3 is 2.07 bits per heavy atom. The number of carbonyl (C=O) groups is 5. The van der Waals surface area contributed by atoms with Crippen LogP contribution in [0.2, 0.25) is 0 Å². The molecule has 3 rings (SSSR count). The maximum atomic E-state index is 13.5. The predicted octanol–water partition coefficient (Wildman–Crippen LogP) is -1.61. The molecule has 1 aromatic heterocycles. The minimum atomic E-state index is -1.52. The fourth-order valence-electron chi connectivity index (χ4n) is 4.11. The van der Waals surface area contributed by atoms with Crippen LogP contribution in [0.5, 0.6) is 5.75 Å². The fraction of sp³-hybridized carbons (Fsp3) is 0.296. The van der Waals surface area contributed by atoms with Gasteiger partial charge in [0.05, 0.1) is 13.0 Å². The van der Waals surface area contributed by atoms with Gasteiger partial charge in [-0.25, -0.2) is 4.79 Å². The van der Waals surface area contributed by atoms with E-state index < -0.39 is 66.8 Å². The lowest BCUT2D eigenvalue weighted by Gasteiger charge is -2.25. The Kier molecular flexibility index (Phi) is 10.4. The summed E-state index contributed by atoms with van der Waals surface area (Å²) in [5.74, 6) is -4.99. The molecule has 0 radical (unpaired) electrons. The van der Waals surface area contributed by atoms with Crippen LogP contribution in [0.1, 0.15) is 17.5 Å². The number of primary amides is 1. The largest absolute Gasteiger partial charge is 0.508 e. The average molecular weight is 569 g/mol. The van der Waals surface area contributed by atoms with Gasteiger partial charge in [-0.2, -0.15) is 0 Å². The number of phenols is 1. The van der Waals surface area contributed by atoms with E-state index in [4.69, 9.17) is 16.6 Å². The van der Waals surface area contributed by atoms with Gasteiger partial charge in [0.2, 0.25) is 23.6 Å². The van der Waals surface area contributed by atoms with Gasteiger partial charge in [0, 0.05) is 29.9 Å². The molecule has 0 bridgehead atoms. The number of carboxylic acid groups (broad SMARTS) is 1. The number of nitrogens with one attached hydrogen (secondary N) is 4.